The van der Waals surface area contributed by atoms with Crippen LogP contribution in [-0.2, 0) is 32.7 Å². The molecule has 0 saturated carbocycles. The second-order valence-electron chi connectivity index (χ2n) is 22.1. The Morgan fingerprint density at radius 1 is 0.381 bits per heavy atom. The Hall–Kier alpha value is -4.89. The van der Waals surface area contributed by atoms with Gasteiger partial charge in [0.1, 0.15) is 19.8 Å². The van der Waals surface area contributed by atoms with Gasteiger partial charge >= 0.3 is 19.8 Å². The molecule has 1 N–H and O–H groups in total. The van der Waals surface area contributed by atoms with E-state index in [4.69, 9.17) is 18.5 Å². The molecule has 0 saturated heterocycles. The van der Waals surface area contributed by atoms with Crippen molar-refractivity contribution in [2.75, 3.05) is 47.5 Å². The van der Waals surface area contributed by atoms with E-state index >= 15 is 0 Å². The van der Waals surface area contributed by atoms with Gasteiger partial charge in [0, 0.05) is 12.8 Å². The summed E-state index contributed by atoms with van der Waals surface area (Å²) in [4.78, 5) is 35.7. The molecule has 0 amide bonds. The maximum absolute atomic E-state index is 12.8. The highest BCUT2D eigenvalue weighted by atomic mass is 31.2. The van der Waals surface area contributed by atoms with Crippen molar-refractivity contribution in [1.82, 2.24) is 0 Å². The van der Waals surface area contributed by atoms with Crippen molar-refractivity contribution in [3.05, 3.63) is 182 Å². The van der Waals surface area contributed by atoms with E-state index in [2.05, 4.69) is 196 Å². The van der Waals surface area contributed by atoms with Crippen LogP contribution in [0.15, 0.2) is 182 Å². The second-order valence-corrected chi connectivity index (χ2v) is 23.5. The standard InChI is InChI=1S/C74H118NO8P/c1-6-8-10-12-14-16-18-20-22-24-26-28-29-30-31-32-33-34-35-36-37-38-39-40-41-42-43-44-45-47-49-51-53-55-57-59-61-63-65-67-74(77)83-72(71-82-84(78,79)81-69-68-75(3,4)5)70-80-73(76)66-64-62-60-58-56-54-52-50-48-46-27-25-23-21-19-17-15-13-11-9-7-2/h8,10,14,16,19-22,25-28,30-31,33-34,36-37,39-40,42-43,45,47-48,50-51,53,57,59,72H,6-7,9,11-13,15,17-18,23-24,29,32,35,38,41,44,46,49,52,54-56,58,60-71H2,1-5H3/p+1/b10-8-,16-14-,21-19-,22-20-,27-25-,28-26-,31-30-,34-33-,37-36-,40-39-,43-42-,47-45-,50-48-,53-51-,59-57-. The fourth-order valence-electron chi connectivity index (χ4n) is 7.94. The van der Waals surface area contributed by atoms with Gasteiger partial charge in [-0.15, -0.1) is 0 Å². The average Bonchev–Trinajstić information content (AvgIpc) is 3.61. The summed E-state index contributed by atoms with van der Waals surface area (Å²) in [5, 5.41) is 0. The molecule has 9 nitrogen and oxygen atoms in total. The highest BCUT2D eigenvalue weighted by Gasteiger charge is 2.27. The quantitative estimate of drug-likeness (QED) is 0.0211. The number of esters is 2. The van der Waals surface area contributed by atoms with Crippen LogP contribution in [0.2, 0.25) is 0 Å². The van der Waals surface area contributed by atoms with E-state index in [1.54, 1.807) is 0 Å². The van der Waals surface area contributed by atoms with Crippen molar-refractivity contribution in [3.8, 4) is 0 Å². The Labute approximate surface area is 514 Å². The number of unbranched alkanes of at least 4 members (excludes halogenated alkanes) is 13. The fourth-order valence-corrected chi connectivity index (χ4v) is 8.68. The Morgan fingerprint density at radius 2 is 0.679 bits per heavy atom. The van der Waals surface area contributed by atoms with Gasteiger partial charge in [0.05, 0.1) is 27.7 Å². The maximum Gasteiger partial charge on any atom is 0.472 e. The Morgan fingerprint density at radius 3 is 1.04 bits per heavy atom. The van der Waals surface area contributed by atoms with E-state index in [0.717, 1.165) is 141 Å². The molecule has 0 radical (unpaired) electrons. The number of carbonyl (C=O) groups is 2. The van der Waals surface area contributed by atoms with Crippen LogP contribution in [0.5, 0.6) is 0 Å². The smallest absolute Gasteiger partial charge is 0.462 e. The summed E-state index contributed by atoms with van der Waals surface area (Å²) in [7, 11) is 1.41. The highest BCUT2D eigenvalue weighted by molar-refractivity contribution is 7.47. The minimum absolute atomic E-state index is 0.0102. The number of nitrogens with zero attached hydrogens (tertiary/aromatic N) is 1. The number of hydrogen-bond acceptors (Lipinski definition) is 7. The van der Waals surface area contributed by atoms with Crippen LogP contribution in [0.25, 0.3) is 0 Å². The van der Waals surface area contributed by atoms with Crippen molar-refractivity contribution in [2.24, 2.45) is 0 Å². The minimum Gasteiger partial charge on any atom is -0.462 e. The number of phosphoric acid groups is 1. The zero-order valence-corrected chi connectivity index (χ0v) is 54.4. The first-order valence-corrected chi connectivity index (χ1v) is 34.0. The summed E-state index contributed by atoms with van der Waals surface area (Å²) in [6.45, 7) is 4.21. The van der Waals surface area contributed by atoms with Crippen LogP contribution in [-0.4, -0.2) is 74.9 Å². The van der Waals surface area contributed by atoms with E-state index in [9.17, 15) is 19.0 Å². The lowest BCUT2D eigenvalue weighted by Gasteiger charge is -2.24. The Kier molecular flexibility index (Phi) is 59.0. The lowest BCUT2D eigenvalue weighted by molar-refractivity contribution is -0.870. The zero-order valence-electron chi connectivity index (χ0n) is 53.6. The molecular formula is C74H119NO8P+. The Bertz CT molecular complexity index is 2070. The molecule has 0 aromatic carbocycles. The molecule has 0 rings (SSSR count). The van der Waals surface area contributed by atoms with Crippen LogP contribution in [0, 0.1) is 0 Å². The van der Waals surface area contributed by atoms with E-state index in [-0.39, 0.29) is 26.1 Å². The number of allylic oxidation sites excluding steroid dienone is 30. The van der Waals surface area contributed by atoms with E-state index < -0.39 is 32.5 Å². The van der Waals surface area contributed by atoms with Crippen molar-refractivity contribution in [1.29, 1.82) is 0 Å². The molecule has 472 valence electrons. The van der Waals surface area contributed by atoms with Gasteiger partial charge in [-0.3, -0.25) is 18.6 Å². The van der Waals surface area contributed by atoms with Crippen LogP contribution >= 0.6 is 7.82 Å². The van der Waals surface area contributed by atoms with Gasteiger partial charge in [0.25, 0.3) is 0 Å². The molecule has 0 aliphatic carbocycles. The third kappa shape index (κ3) is 66.3. The number of quaternary nitrogens is 1. The van der Waals surface area contributed by atoms with E-state index in [1.165, 1.54) is 38.5 Å². The number of rotatable bonds is 57. The molecule has 0 aromatic rings. The van der Waals surface area contributed by atoms with Gasteiger partial charge < -0.3 is 18.9 Å². The molecular weight excluding hydrogens is 1060 g/mol. The van der Waals surface area contributed by atoms with Crippen LogP contribution in [0.1, 0.15) is 219 Å². The van der Waals surface area contributed by atoms with Gasteiger partial charge in [0.15, 0.2) is 6.10 Å². The topological polar surface area (TPSA) is 108 Å². The van der Waals surface area contributed by atoms with E-state index in [0.29, 0.717) is 23.9 Å². The SMILES string of the molecule is CC/C=C\C/C=C\C/C=C\C/C=C\C/C=C\C/C=C\C/C=C\C/C=C\C/C=C\C/C=C\C/C=C\C/C=C\CCCCC(=O)OC(COC(=O)CCCCCCCC/C=C\C/C=C\C/C=C\CCCCCCC)COP(=O)(O)OCC[N+](C)(C)C. The predicted molar refractivity (Wildman–Crippen MR) is 362 cm³/mol. The Balaban J connectivity index is 4.28. The molecule has 0 heterocycles. The molecule has 0 spiro atoms. The molecule has 0 bridgehead atoms. The number of hydrogen-bond donors (Lipinski definition) is 1. The van der Waals surface area contributed by atoms with Gasteiger partial charge in [-0.1, -0.05) is 247 Å². The summed E-state index contributed by atoms with van der Waals surface area (Å²) >= 11 is 0. The van der Waals surface area contributed by atoms with Gasteiger partial charge in [-0.2, -0.15) is 0 Å². The van der Waals surface area contributed by atoms with Crippen molar-refractivity contribution in [3.63, 3.8) is 0 Å². The molecule has 10 heteroatoms. The van der Waals surface area contributed by atoms with Crippen molar-refractivity contribution in [2.45, 2.75) is 225 Å². The molecule has 0 fully saturated rings. The fraction of sp³-hybridized carbons (Fsp3) is 0.568. The summed E-state index contributed by atoms with van der Waals surface area (Å²) in [5.74, 6) is -0.878. The van der Waals surface area contributed by atoms with Crippen molar-refractivity contribution >= 4 is 19.8 Å². The van der Waals surface area contributed by atoms with Gasteiger partial charge in [-0.25, -0.2) is 4.57 Å². The average molecular weight is 1180 g/mol. The summed E-state index contributed by atoms with van der Waals surface area (Å²) < 4.78 is 34.5. The largest absolute Gasteiger partial charge is 0.472 e. The first kappa shape index (κ1) is 79.1. The molecule has 0 aromatic heterocycles. The molecule has 0 aliphatic heterocycles. The molecule has 84 heavy (non-hydrogen) atoms. The first-order valence-electron chi connectivity index (χ1n) is 32.5. The second kappa shape index (κ2) is 62.6. The zero-order chi connectivity index (χ0) is 61.2. The van der Waals surface area contributed by atoms with Crippen LogP contribution in [0.3, 0.4) is 0 Å². The number of phosphoric ester groups is 1. The predicted octanol–water partition coefficient (Wildman–Crippen LogP) is 21.1. The third-order valence-electron chi connectivity index (χ3n) is 12.9. The van der Waals surface area contributed by atoms with Gasteiger partial charge in [-0.05, 0) is 141 Å². The van der Waals surface area contributed by atoms with Crippen molar-refractivity contribution < 1.29 is 42.1 Å². The maximum atomic E-state index is 12.8. The lowest BCUT2D eigenvalue weighted by atomic mass is 10.1. The monoisotopic (exact) mass is 1180 g/mol. The third-order valence-corrected chi connectivity index (χ3v) is 13.9. The summed E-state index contributed by atoms with van der Waals surface area (Å²) in [6.07, 6.45) is 96.9. The first-order chi connectivity index (χ1) is 41.0. The highest BCUT2D eigenvalue weighted by Crippen LogP contribution is 2.43. The summed E-state index contributed by atoms with van der Waals surface area (Å²) in [5.41, 5.74) is 0. The molecule has 0 aliphatic rings. The van der Waals surface area contributed by atoms with Gasteiger partial charge in [0.2, 0.25) is 0 Å². The molecule has 2 unspecified atom stereocenters. The summed E-state index contributed by atoms with van der Waals surface area (Å²) in [6, 6.07) is 0. The number of ether oxygens (including phenoxy) is 2. The minimum atomic E-state index is -4.42. The van der Waals surface area contributed by atoms with Crippen LogP contribution in [0.4, 0.5) is 0 Å². The van der Waals surface area contributed by atoms with E-state index in [1.807, 2.05) is 21.1 Å². The molecule has 2 atom stereocenters. The van der Waals surface area contributed by atoms with Crippen LogP contribution < -0.4 is 0 Å². The normalized spacial score (nSPS) is 14.4. The lowest BCUT2D eigenvalue weighted by Crippen LogP contribution is -2.37. The number of carbonyl (C=O) groups excluding carboxylic acids is 2. The number of likely N-dealkylation sites (N-methyl/N-ethyl adjacent to an activating group) is 1.